The van der Waals surface area contributed by atoms with Crippen LogP contribution >= 0.6 is 0 Å². The highest BCUT2D eigenvalue weighted by Crippen LogP contribution is 2.39. The third kappa shape index (κ3) is 4.85. The first kappa shape index (κ1) is 24.6. The van der Waals surface area contributed by atoms with E-state index >= 15 is 0 Å². The number of rotatable bonds is 4. The van der Waals surface area contributed by atoms with E-state index in [0.29, 0.717) is 24.1 Å². The molecule has 0 spiro atoms. The molecule has 10 heteroatoms. The van der Waals surface area contributed by atoms with E-state index in [1.165, 1.54) is 13.1 Å². The zero-order chi connectivity index (χ0) is 25.4. The van der Waals surface area contributed by atoms with Crippen LogP contribution in [0.5, 0.6) is 0 Å². The van der Waals surface area contributed by atoms with Crippen molar-refractivity contribution in [2.75, 3.05) is 11.1 Å². The number of nitrogens with one attached hydrogen (secondary N) is 1. The maximum atomic E-state index is 14.6. The van der Waals surface area contributed by atoms with Crippen molar-refractivity contribution in [2.24, 2.45) is 11.7 Å². The van der Waals surface area contributed by atoms with Gasteiger partial charge in [0.1, 0.15) is 17.3 Å². The Balaban J connectivity index is 1.68. The summed E-state index contributed by atoms with van der Waals surface area (Å²) >= 11 is 0. The van der Waals surface area contributed by atoms with Crippen molar-refractivity contribution in [1.82, 2.24) is 9.97 Å². The summed E-state index contributed by atoms with van der Waals surface area (Å²) in [6.45, 7) is 3.40. The molecular formula is C25H26F3N5O2. The standard InChI is InChI=1S/C25H26F3N5O2/c1-11-5-15(26)21(16(27)6-11)22-17(28)9-18(29)23(33-22)25(35)32-20-10-31-4-3-14(20)13-7-12(2)24(34)19(30)8-13/h3-6,9-10,12-13,19,24,34H,7-8,29-30H2,1-2H3,(H,32,35)/t12-,13+,19+,24+/m0/s1. The number of aromatic nitrogens is 2. The Kier molecular flexibility index (Phi) is 6.77. The summed E-state index contributed by atoms with van der Waals surface area (Å²) in [6, 6.07) is 4.23. The molecule has 0 radical (unpaired) electrons. The summed E-state index contributed by atoms with van der Waals surface area (Å²) in [5.74, 6) is -3.97. The third-order valence-corrected chi connectivity index (χ3v) is 6.42. The number of aliphatic hydroxyl groups excluding tert-OH is 1. The summed E-state index contributed by atoms with van der Waals surface area (Å²) in [6.07, 6.45) is 3.57. The van der Waals surface area contributed by atoms with E-state index in [9.17, 15) is 23.1 Å². The van der Waals surface area contributed by atoms with Gasteiger partial charge in [0.25, 0.3) is 5.91 Å². The molecule has 1 aliphatic rings. The Morgan fingerprint density at radius 2 is 1.83 bits per heavy atom. The van der Waals surface area contributed by atoms with Gasteiger partial charge in [0.2, 0.25) is 0 Å². The van der Waals surface area contributed by atoms with E-state index in [2.05, 4.69) is 15.3 Å². The Bertz CT molecular complexity index is 1250. The summed E-state index contributed by atoms with van der Waals surface area (Å²) in [4.78, 5) is 21.1. The maximum absolute atomic E-state index is 14.6. The van der Waals surface area contributed by atoms with Crippen molar-refractivity contribution in [1.29, 1.82) is 0 Å². The Labute approximate surface area is 200 Å². The fraction of sp³-hybridized carbons (Fsp3) is 0.320. The lowest BCUT2D eigenvalue weighted by molar-refractivity contribution is 0.0521. The number of pyridine rings is 2. The van der Waals surface area contributed by atoms with Crippen LogP contribution in [0.2, 0.25) is 0 Å². The van der Waals surface area contributed by atoms with Gasteiger partial charge in [-0.05, 0) is 60.9 Å². The number of aryl methyl sites for hydroxylation is 1. The molecule has 1 fully saturated rings. The second kappa shape index (κ2) is 9.63. The van der Waals surface area contributed by atoms with Gasteiger partial charge in [-0.3, -0.25) is 9.78 Å². The number of halogens is 3. The summed E-state index contributed by atoms with van der Waals surface area (Å²) in [5.41, 5.74) is 11.4. The van der Waals surface area contributed by atoms with Crippen LogP contribution in [-0.4, -0.2) is 33.1 Å². The topological polar surface area (TPSA) is 127 Å². The molecule has 4 rings (SSSR count). The fourth-order valence-corrected chi connectivity index (χ4v) is 4.66. The molecule has 1 aromatic carbocycles. The molecule has 0 saturated heterocycles. The van der Waals surface area contributed by atoms with Gasteiger partial charge in [-0.25, -0.2) is 18.2 Å². The molecule has 184 valence electrons. The number of nitrogen functional groups attached to an aromatic ring is 1. The Morgan fingerprint density at radius 3 is 2.49 bits per heavy atom. The highest BCUT2D eigenvalue weighted by Gasteiger charge is 2.34. The number of anilines is 2. The van der Waals surface area contributed by atoms with Crippen LogP contribution in [0, 0.1) is 30.3 Å². The lowest BCUT2D eigenvalue weighted by Gasteiger charge is -2.36. The van der Waals surface area contributed by atoms with E-state index in [1.54, 1.807) is 12.3 Å². The highest BCUT2D eigenvalue weighted by atomic mass is 19.1. The first-order valence-corrected chi connectivity index (χ1v) is 11.2. The van der Waals surface area contributed by atoms with Gasteiger partial charge in [-0.15, -0.1) is 0 Å². The van der Waals surface area contributed by atoms with E-state index in [4.69, 9.17) is 11.5 Å². The molecule has 0 bridgehead atoms. The van der Waals surface area contributed by atoms with Crippen molar-refractivity contribution in [3.63, 3.8) is 0 Å². The molecule has 1 aliphatic carbocycles. The van der Waals surface area contributed by atoms with E-state index in [-0.39, 0.29) is 23.2 Å². The molecular weight excluding hydrogens is 459 g/mol. The second-order valence-electron chi connectivity index (χ2n) is 9.08. The zero-order valence-corrected chi connectivity index (χ0v) is 19.2. The summed E-state index contributed by atoms with van der Waals surface area (Å²) in [5, 5.41) is 12.9. The first-order chi connectivity index (χ1) is 16.6. The van der Waals surface area contributed by atoms with Crippen molar-refractivity contribution in [2.45, 2.75) is 44.8 Å². The molecule has 1 amide bonds. The SMILES string of the molecule is Cc1cc(F)c(-c2nc(C(=O)Nc3cnccc3[C@H]3C[C@@H](N)[C@H](O)[C@@H](C)C3)c(N)cc2F)c(F)c1. The molecule has 2 heterocycles. The molecule has 7 nitrogen and oxygen atoms in total. The number of hydrogen-bond donors (Lipinski definition) is 4. The molecule has 35 heavy (non-hydrogen) atoms. The molecule has 6 N–H and O–H groups in total. The van der Waals surface area contributed by atoms with Crippen LogP contribution in [-0.2, 0) is 0 Å². The van der Waals surface area contributed by atoms with Gasteiger partial charge in [-0.1, -0.05) is 6.92 Å². The highest BCUT2D eigenvalue weighted by molar-refractivity contribution is 6.07. The van der Waals surface area contributed by atoms with Crippen molar-refractivity contribution in [3.05, 3.63) is 70.9 Å². The van der Waals surface area contributed by atoms with Gasteiger partial charge in [0.15, 0.2) is 11.5 Å². The number of carbonyl (C=O) groups is 1. The molecule has 0 aliphatic heterocycles. The summed E-state index contributed by atoms with van der Waals surface area (Å²) < 4.78 is 43.6. The predicted octanol–water partition coefficient (Wildman–Crippen LogP) is 3.91. The van der Waals surface area contributed by atoms with Crippen LogP contribution in [0.15, 0.2) is 36.7 Å². The smallest absolute Gasteiger partial charge is 0.276 e. The Hall–Kier alpha value is -3.50. The maximum Gasteiger partial charge on any atom is 0.276 e. The number of benzene rings is 1. The van der Waals surface area contributed by atoms with E-state index in [1.807, 2.05) is 6.92 Å². The quantitative estimate of drug-likeness (QED) is 0.444. The monoisotopic (exact) mass is 485 g/mol. The van der Waals surface area contributed by atoms with E-state index in [0.717, 1.165) is 23.8 Å². The third-order valence-electron chi connectivity index (χ3n) is 6.42. The van der Waals surface area contributed by atoms with Crippen LogP contribution in [0.4, 0.5) is 24.5 Å². The molecule has 3 aromatic rings. The summed E-state index contributed by atoms with van der Waals surface area (Å²) in [7, 11) is 0. The minimum Gasteiger partial charge on any atom is -0.397 e. The van der Waals surface area contributed by atoms with Gasteiger partial charge in [-0.2, -0.15) is 0 Å². The molecule has 4 atom stereocenters. The van der Waals surface area contributed by atoms with Gasteiger partial charge in [0.05, 0.1) is 29.2 Å². The van der Waals surface area contributed by atoms with Crippen LogP contribution in [0.1, 0.15) is 47.3 Å². The average Bonchev–Trinajstić information content (AvgIpc) is 2.78. The fourth-order valence-electron chi connectivity index (χ4n) is 4.66. The minimum absolute atomic E-state index is 0.0447. The normalized spacial score (nSPS) is 22.1. The predicted molar refractivity (Wildman–Crippen MR) is 126 cm³/mol. The van der Waals surface area contributed by atoms with Gasteiger partial charge in [0, 0.05) is 18.3 Å². The van der Waals surface area contributed by atoms with E-state index < -0.39 is 46.8 Å². The number of nitrogens with two attached hydrogens (primary N) is 2. The van der Waals surface area contributed by atoms with Gasteiger partial charge >= 0.3 is 0 Å². The average molecular weight is 486 g/mol. The number of amides is 1. The largest absolute Gasteiger partial charge is 0.397 e. The Morgan fingerprint density at radius 1 is 1.14 bits per heavy atom. The number of hydrogen-bond acceptors (Lipinski definition) is 6. The zero-order valence-electron chi connectivity index (χ0n) is 19.2. The number of nitrogens with zero attached hydrogens (tertiary/aromatic N) is 2. The number of carbonyl (C=O) groups excluding carboxylic acids is 1. The van der Waals surface area contributed by atoms with Crippen LogP contribution < -0.4 is 16.8 Å². The molecule has 2 aromatic heterocycles. The van der Waals surface area contributed by atoms with Crippen LogP contribution in [0.25, 0.3) is 11.3 Å². The minimum atomic E-state index is -1.06. The molecule has 0 unspecified atom stereocenters. The van der Waals surface area contributed by atoms with Crippen molar-refractivity contribution in [3.8, 4) is 11.3 Å². The first-order valence-electron chi connectivity index (χ1n) is 11.2. The van der Waals surface area contributed by atoms with Crippen LogP contribution in [0.3, 0.4) is 0 Å². The lowest BCUT2D eigenvalue weighted by Crippen LogP contribution is -2.44. The van der Waals surface area contributed by atoms with Crippen molar-refractivity contribution >= 4 is 17.3 Å². The van der Waals surface area contributed by atoms with Crippen molar-refractivity contribution < 1.29 is 23.1 Å². The lowest BCUT2D eigenvalue weighted by atomic mass is 9.74. The molecule has 1 saturated carbocycles. The number of aliphatic hydroxyl groups is 1. The second-order valence-corrected chi connectivity index (χ2v) is 9.08. The van der Waals surface area contributed by atoms with Gasteiger partial charge < -0.3 is 21.9 Å².